The van der Waals surface area contributed by atoms with Gasteiger partial charge in [0.25, 0.3) is 0 Å². The number of carbonyl (C=O) groups is 1. The second-order valence-electron chi connectivity index (χ2n) is 6.50. The summed E-state index contributed by atoms with van der Waals surface area (Å²) in [7, 11) is 0. The Hall–Kier alpha value is -1.62. The van der Waals surface area contributed by atoms with Crippen molar-refractivity contribution in [3.63, 3.8) is 0 Å². The SMILES string of the molecule is O=C(O)c1cccc(N2CCC[C@@H](CN3CCCCC3)C2)n1. The number of nitrogens with zero attached hydrogens (tertiary/aromatic N) is 3. The molecule has 1 aromatic rings. The minimum atomic E-state index is -0.955. The Bertz CT molecular complexity index is 514. The van der Waals surface area contributed by atoms with Crippen molar-refractivity contribution in [1.82, 2.24) is 9.88 Å². The molecule has 2 saturated heterocycles. The number of pyridine rings is 1. The van der Waals surface area contributed by atoms with Crippen LogP contribution in [0.15, 0.2) is 18.2 Å². The van der Waals surface area contributed by atoms with E-state index in [0.717, 1.165) is 25.3 Å². The summed E-state index contributed by atoms with van der Waals surface area (Å²) in [6, 6.07) is 5.27. The van der Waals surface area contributed by atoms with Gasteiger partial charge in [-0.15, -0.1) is 0 Å². The summed E-state index contributed by atoms with van der Waals surface area (Å²) in [5.41, 5.74) is 0.135. The second-order valence-corrected chi connectivity index (χ2v) is 6.50. The molecule has 22 heavy (non-hydrogen) atoms. The lowest BCUT2D eigenvalue weighted by molar-refractivity contribution is 0.0690. The van der Waals surface area contributed by atoms with Crippen LogP contribution in [-0.4, -0.2) is 53.7 Å². The molecule has 1 N–H and O–H groups in total. The first-order chi connectivity index (χ1) is 10.7. The van der Waals surface area contributed by atoms with Crippen LogP contribution >= 0.6 is 0 Å². The molecular weight excluding hydrogens is 278 g/mol. The smallest absolute Gasteiger partial charge is 0.354 e. The first kappa shape index (κ1) is 15.3. The van der Waals surface area contributed by atoms with E-state index in [1.165, 1.54) is 45.3 Å². The molecule has 3 heterocycles. The number of aromatic carboxylic acids is 1. The number of carboxylic acids is 1. The fourth-order valence-corrected chi connectivity index (χ4v) is 3.65. The third kappa shape index (κ3) is 3.77. The fourth-order valence-electron chi connectivity index (χ4n) is 3.65. The number of carboxylic acid groups (broad SMARTS) is 1. The summed E-state index contributed by atoms with van der Waals surface area (Å²) in [6.07, 6.45) is 6.47. The zero-order valence-corrected chi connectivity index (χ0v) is 13.1. The van der Waals surface area contributed by atoms with E-state index >= 15 is 0 Å². The predicted molar refractivity (Wildman–Crippen MR) is 86.4 cm³/mol. The molecule has 0 radical (unpaired) electrons. The van der Waals surface area contributed by atoms with Gasteiger partial charge in [-0.3, -0.25) is 0 Å². The molecule has 5 nitrogen and oxygen atoms in total. The lowest BCUT2D eigenvalue weighted by atomic mass is 9.96. The number of piperidine rings is 2. The molecule has 2 aliphatic rings. The maximum Gasteiger partial charge on any atom is 0.354 e. The van der Waals surface area contributed by atoms with Crippen LogP contribution < -0.4 is 4.90 Å². The Morgan fingerprint density at radius 1 is 1.18 bits per heavy atom. The number of likely N-dealkylation sites (tertiary alicyclic amines) is 1. The van der Waals surface area contributed by atoms with Crippen LogP contribution in [-0.2, 0) is 0 Å². The highest BCUT2D eigenvalue weighted by Crippen LogP contribution is 2.23. The van der Waals surface area contributed by atoms with E-state index in [0.29, 0.717) is 5.92 Å². The first-order valence-corrected chi connectivity index (χ1v) is 8.40. The Balaban J connectivity index is 1.62. The molecule has 1 atom stereocenters. The Labute approximate surface area is 131 Å². The number of hydrogen-bond donors (Lipinski definition) is 1. The highest BCUT2D eigenvalue weighted by Gasteiger charge is 2.24. The molecule has 1 aromatic heterocycles. The van der Waals surface area contributed by atoms with Gasteiger partial charge in [0.15, 0.2) is 5.69 Å². The zero-order chi connectivity index (χ0) is 15.4. The summed E-state index contributed by atoms with van der Waals surface area (Å²) >= 11 is 0. The van der Waals surface area contributed by atoms with Crippen molar-refractivity contribution in [2.75, 3.05) is 37.6 Å². The number of rotatable bonds is 4. The van der Waals surface area contributed by atoms with Crippen LogP contribution in [0.3, 0.4) is 0 Å². The van der Waals surface area contributed by atoms with Crippen molar-refractivity contribution < 1.29 is 9.90 Å². The van der Waals surface area contributed by atoms with E-state index in [1.807, 2.05) is 6.07 Å². The maximum absolute atomic E-state index is 11.1. The zero-order valence-electron chi connectivity index (χ0n) is 13.1. The van der Waals surface area contributed by atoms with E-state index in [1.54, 1.807) is 12.1 Å². The molecule has 0 spiro atoms. The highest BCUT2D eigenvalue weighted by atomic mass is 16.4. The third-order valence-electron chi connectivity index (χ3n) is 4.76. The van der Waals surface area contributed by atoms with Crippen LogP contribution in [0, 0.1) is 5.92 Å². The molecule has 0 bridgehead atoms. The highest BCUT2D eigenvalue weighted by molar-refractivity contribution is 5.85. The monoisotopic (exact) mass is 303 g/mol. The fraction of sp³-hybridized carbons (Fsp3) is 0.647. The number of anilines is 1. The summed E-state index contributed by atoms with van der Waals surface area (Å²) < 4.78 is 0. The van der Waals surface area contributed by atoms with Gasteiger partial charge in [-0.1, -0.05) is 12.5 Å². The van der Waals surface area contributed by atoms with Crippen molar-refractivity contribution in [1.29, 1.82) is 0 Å². The molecule has 0 amide bonds. The van der Waals surface area contributed by atoms with Crippen molar-refractivity contribution >= 4 is 11.8 Å². The van der Waals surface area contributed by atoms with Crippen LogP contribution in [0.5, 0.6) is 0 Å². The Morgan fingerprint density at radius 2 is 2.00 bits per heavy atom. The molecule has 2 aliphatic heterocycles. The maximum atomic E-state index is 11.1. The first-order valence-electron chi connectivity index (χ1n) is 8.40. The van der Waals surface area contributed by atoms with E-state index in [9.17, 15) is 4.79 Å². The molecule has 120 valence electrons. The number of hydrogen-bond acceptors (Lipinski definition) is 4. The topological polar surface area (TPSA) is 56.7 Å². The van der Waals surface area contributed by atoms with Gasteiger partial charge in [0, 0.05) is 19.6 Å². The normalized spacial score (nSPS) is 23.5. The van der Waals surface area contributed by atoms with E-state index in [-0.39, 0.29) is 5.69 Å². The molecule has 5 heteroatoms. The van der Waals surface area contributed by atoms with Crippen LogP contribution in [0.4, 0.5) is 5.82 Å². The van der Waals surface area contributed by atoms with E-state index < -0.39 is 5.97 Å². The average Bonchev–Trinajstić information content (AvgIpc) is 2.56. The molecule has 3 rings (SSSR count). The van der Waals surface area contributed by atoms with Crippen LogP contribution in [0.25, 0.3) is 0 Å². The third-order valence-corrected chi connectivity index (χ3v) is 4.76. The van der Waals surface area contributed by atoms with Crippen molar-refractivity contribution in [2.45, 2.75) is 32.1 Å². The van der Waals surface area contributed by atoms with Crippen molar-refractivity contribution in [2.24, 2.45) is 5.92 Å². The quantitative estimate of drug-likeness (QED) is 0.926. The molecule has 0 saturated carbocycles. The van der Waals surface area contributed by atoms with Gasteiger partial charge in [-0.25, -0.2) is 9.78 Å². The largest absolute Gasteiger partial charge is 0.477 e. The van der Waals surface area contributed by atoms with Gasteiger partial charge in [-0.2, -0.15) is 0 Å². The lowest BCUT2D eigenvalue weighted by Crippen LogP contribution is -2.42. The Morgan fingerprint density at radius 3 is 2.77 bits per heavy atom. The van der Waals surface area contributed by atoms with Gasteiger partial charge in [0.2, 0.25) is 0 Å². The van der Waals surface area contributed by atoms with Crippen molar-refractivity contribution in [3.05, 3.63) is 23.9 Å². The summed E-state index contributed by atoms with van der Waals surface area (Å²) in [5, 5.41) is 9.09. The van der Waals surface area contributed by atoms with Gasteiger partial charge in [-0.05, 0) is 56.8 Å². The van der Waals surface area contributed by atoms with Crippen molar-refractivity contribution in [3.8, 4) is 0 Å². The molecule has 0 aromatic carbocycles. The summed E-state index contributed by atoms with van der Waals surface area (Å²) in [6.45, 7) is 5.63. The molecule has 0 aliphatic carbocycles. The van der Waals surface area contributed by atoms with Gasteiger partial charge in [0.05, 0.1) is 0 Å². The standard InChI is InChI=1S/C17H25N3O2/c21-17(22)15-7-4-8-16(18-15)20-11-5-6-14(13-20)12-19-9-2-1-3-10-19/h4,7-8,14H,1-3,5-6,9-13H2,(H,21,22)/t14-/m0/s1. The lowest BCUT2D eigenvalue weighted by Gasteiger charge is -2.37. The van der Waals surface area contributed by atoms with Gasteiger partial charge in [0.1, 0.15) is 5.82 Å². The summed E-state index contributed by atoms with van der Waals surface area (Å²) in [5.74, 6) is 0.522. The molecule has 0 unspecified atom stereocenters. The predicted octanol–water partition coefficient (Wildman–Crippen LogP) is 2.48. The van der Waals surface area contributed by atoms with E-state index in [2.05, 4.69) is 14.8 Å². The average molecular weight is 303 g/mol. The van der Waals surface area contributed by atoms with Gasteiger partial charge >= 0.3 is 5.97 Å². The summed E-state index contributed by atoms with van der Waals surface area (Å²) in [4.78, 5) is 20.2. The van der Waals surface area contributed by atoms with Gasteiger partial charge < -0.3 is 14.9 Å². The number of aromatic nitrogens is 1. The minimum Gasteiger partial charge on any atom is -0.477 e. The second kappa shape index (κ2) is 7.09. The van der Waals surface area contributed by atoms with Crippen LogP contribution in [0.2, 0.25) is 0 Å². The Kier molecular flexibility index (Phi) is 4.93. The van der Waals surface area contributed by atoms with E-state index in [4.69, 9.17) is 5.11 Å². The minimum absolute atomic E-state index is 0.135. The molecular formula is C17H25N3O2. The molecule has 2 fully saturated rings. The van der Waals surface area contributed by atoms with Crippen LogP contribution in [0.1, 0.15) is 42.6 Å².